The molecular weight excluding hydrogens is 248 g/mol. The summed E-state index contributed by atoms with van der Waals surface area (Å²) in [4.78, 5) is 25.7. The summed E-state index contributed by atoms with van der Waals surface area (Å²) in [7, 11) is 1.29. The minimum absolute atomic E-state index is 0.0252. The molecule has 0 spiro atoms. The number of benzene rings is 1. The number of non-ortho nitro benzene ring substituents is 1. The van der Waals surface area contributed by atoms with Crippen molar-refractivity contribution >= 4 is 11.7 Å². The molecule has 0 N–H and O–H groups in total. The quantitative estimate of drug-likeness (QED) is 0.479. The van der Waals surface area contributed by atoms with E-state index in [1.807, 2.05) is 0 Å². The van der Waals surface area contributed by atoms with E-state index in [1.165, 1.54) is 37.6 Å². The molecule has 0 bridgehead atoms. The molecule has 0 radical (unpaired) electrons. The molecule has 0 saturated carbocycles. The number of nitro benzene ring substituents is 1. The molecule has 2 rings (SSSR count). The molecule has 0 atom stereocenters. The Balaban J connectivity index is 2.44. The number of aromatic nitrogens is 1. The van der Waals surface area contributed by atoms with Crippen LogP contribution < -0.4 is 0 Å². The number of rotatable bonds is 3. The lowest BCUT2D eigenvalue weighted by molar-refractivity contribution is -0.384. The van der Waals surface area contributed by atoms with Crippen LogP contribution in [0.15, 0.2) is 42.6 Å². The molecule has 0 aliphatic heterocycles. The Bertz CT molecular complexity index is 640. The molecule has 96 valence electrons. The molecule has 6 nitrogen and oxygen atoms in total. The zero-order valence-electron chi connectivity index (χ0n) is 10.1. The van der Waals surface area contributed by atoms with E-state index in [2.05, 4.69) is 9.72 Å². The standard InChI is InChI=1S/C13H10N2O4/c1-19-13(16)10-5-6-14-12(8-10)9-3-2-4-11(7-9)15(17)18/h2-8H,1H3. The first-order chi connectivity index (χ1) is 9.11. The average Bonchev–Trinajstić information content (AvgIpc) is 2.46. The van der Waals surface area contributed by atoms with Crippen LogP contribution in [0.4, 0.5) is 5.69 Å². The zero-order chi connectivity index (χ0) is 13.8. The molecular formula is C13H10N2O4. The van der Waals surface area contributed by atoms with Gasteiger partial charge in [0.2, 0.25) is 0 Å². The number of hydrogen-bond acceptors (Lipinski definition) is 5. The first kappa shape index (κ1) is 12.7. The number of carbonyl (C=O) groups excluding carboxylic acids is 1. The lowest BCUT2D eigenvalue weighted by atomic mass is 10.1. The van der Waals surface area contributed by atoms with Crippen molar-refractivity contribution in [1.29, 1.82) is 0 Å². The van der Waals surface area contributed by atoms with Crippen molar-refractivity contribution in [1.82, 2.24) is 4.98 Å². The lowest BCUT2D eigenvalue weighted by Gasteiger charge is -2.03. The minimum atomic E-state index is -0.479. The molecule has 6 heteroatoms. The number of carbonyl (C=O) groups is 1. The lowest BCUT2D eigenvalue weighted by Crippen LogP contribution is -2.01. The van der Waals surface area contributed by atoms with Crippen LogP contribution in [-0.4, -0.2) is 23.0 Å². The minimum Gasteiger partial charge on any atom is -0.465 e. The molecule has 1 aromatic heterocycles. The Hall–Kier alpha value is -2.76. The Morgan fingerprint density at radius 2 is 2.11 bits per heavy atom. The van der Waals surface area contributed by atoms with Crippen molar-refractivity contribution in [3.63, 3.8) is 0 Å². The van der Waals surface area contributed by atoms with Gasteiger partial charge in [0.05, 0.1) is 23.3 Å². The van der Waals surface area contributed by atoms with E-state index in [0.29, 0.717) is 16.8 Å². The first-order valence-corrected chi connectivity index (χ1v) is 5.41. The third-order valence-electron chi connectivity index (χ3n) is 2.53. The van der Waals surface area contributed by atoms with Crippen LogP contribution in [0.3, 0.4) is 0 Å². The highest BCUT2D eigenvalue weighted by Crippen LogP contribution is 2.22. The smallest absolute Gasteiger partial charge is 0.337 e. The van der Waals surface area contributed by atoms with E-state index in [-0.39, 0.29) is 5.69 Å². The maximum atomic E-state index is 11.4. The summed E-state index contributed by atoms with van der Waals surface area (Å²) in [6, 6.07) is 9.12. The van der Waals surface area contributed by atoms with Crippen molar-refractivity contribution in [3.8, 4) is 11.3 Å². The fourth-order valence-electron chi connectivity index (χ4n) is 1.61. The predicted molar refractivity (Wildman–Crippen MR) is 67.7 cm³/mol. The second-order valence-corrected chi connectivity index (χ2v) is 3.73. The molecule has 1 heterocycles. The van der Waals surface area contributed by atoms with Crippen LogP contribution in [0.2, 0.25) is 0 Å². The Labute approximate surface area is 108 Å². The van der Waals surface area contributed by atoms with Crippen LogP contribution >= 0.6 is 0 Å². The second kappa shape index (κ2) is 5.26. The van der Waals surface area contributed by atoms with Gasteiger partial charge in [0, 0.05) is 23.9 Å². The van der Waals surface area contributed by atoms with E-state index in [0.717, 1.165) is 0 Å². The molecule has 1 aromatic carbocycles. The Morgan fingerprint density at radius 1 is 1.32 bits per heavy atom. The molecule has 0 amide bonds. The normalized spacial score (nSPS) is 9.95. The molecule has 0 saturated heterocycles. The highest BCUT2D eigenvalue weighted by atomic mass is 16.6. The van der Waals surface area contributed by atoms with Crippen LogP contribution in [-0.2, 0) is 4.74 Å². The number of ether oxygens (including phenoxy) is 1. The SMILES string of the molecule is COC(=O)c1ccnc(-c2cccc([N+](=O)[O-])c2)c1. The largest absolute Gasteiger partial charge is 0.465 e. The van der Waals surface area contributed by atoms with Crippen molar-refractivity contribution in [3.05, 3.63) is 58.3 Å². The van der Waals surface area contributed by atoms with E-state index in [9.17, 15) is 14.9 Å². The van der Waals surface area contributed by atoms with Crippen molar-refractivity contribution in [2.45, 2.75) is 0 Å². The summed E-state index contributed by atoms with van der Waals surface area (Å²) in [6.45, 7) is 0. The third-order valence-corrected chi connectivity index (χ3v) is 2.53. The number of hydrogen-bond donors (Lipinski definition) is 0. The number of nitro groups is 1. The van der Waals surface area contributed by atoms with E-state index in [1.54, 1.807) is 12.1 Å². The summed E-state index contributed by atoms with van der Waals surface area (Å²) < 4.78 is 4.61. The molecule has 2 aromatic rings. The van der Waals surface area contributed by atoms with E-state index >= 15 is 0 Å². The number of methoxy groups -OCH3 is 1. The Morgan fingerprint density at radius 3 is 2.79 bits per heavy atom. The summed E-state index contributed by atoms with van der Waals surface area (Å²) in [5.41, 5.74) is 1.37. The maximum Gasteiger partial charge on any atom is 0.337 e. The Kier molecular flexibility index (Phi) is 3.51. The second-order valence-electron chi connectivity index (χ2n) is 3.73. The third kappa shape index (κ3) is 2.74. The van der Waals surface area contributed by atoms with Gasteiger partial charge in [0.15, 0.2) is 0 Å². The van der Waals surface area contributed by atoms with Crippen LogP contribution in [0, 0.1) is 10.1 Å². The van der Waals surface area contributed by atoms with E-state index in [4.69, 9.17) is 0 Å². The van der Waals surface area contributed by atoms with Crippen molar-refractivity contribution in [2.75, 3.05) is 7.11 Å². The zero-order valence-corrected chi connectivity index (χ0v) is 10.1. The number of nitrogens with zero attached hydrogens (tertiary/aromatic N) is 2. The molecule has 19 heavy (non-hydrogen) atoms. The van der Waals surface area contributed by atoms with Gasteiger partial charge in [-0.05, 0) is 12.1 Å². The molecule has 0 unspecified atom stereocenters. The first-order valence-electron chi connectivity index (χ1n) is 5.41. The number of esters is 1. The van der Waals surface area contributed by atoms with Gasteiger partial charge in [-0.2, -0.15) is 0 Å². The van der Waals surface area contributed by atoms with Crippen LogP contribution in [0.1, 0.15) is 10.4 Å². The number of pyridine rings is 1. The van der Waals surface area contributed by atoms with Gasteiger partial charge >= 0.3 is 5.97 Å². The van der Waals surface area contributed by atoms with Gasteiger partial charge in [-0.3, -0.25) is 15.1 Å². The summed E-state index contributed by atoms with van der Waals surface area (Å²) in [6.07, 6.45) is 1.46. The molecule has 0 aliphatic rings. The molecule has 0 aliphatic carbocycles. The topological polar surface area (TPSA) is 82.3 Å². The van der Waals surface area contributed by atoms with Gasteiger partial charge in [-0.15, -0.1) is 0 Å². The summed E-state index contributed by atoms with van der Waals surface area (Å²) in [5, 5.41) is 10.7. The van der Waals surface area contributed by atoms with E-state index < -0.39 is 10.9 Å². The van der Waals surface area contributed by atoms with Gasteiger partial charge < -0.3 is 4.74 Å². The van der Waals surface area contributed by atoms with Gasteiger partial charge in [0.1, 0.15) is 0 Å². The predicted octanol–water partition coefficient (Wildman–Crippen LogP) is 2.44. The maximum absolute atomic E-state index is 11.4. The van der Waals surface area contributed by atoms with Gasteiger partial charge in [-0.1, -0.05) is 12.1 Å². The van der Waals surface area contributed by atoms with Gasteiger partial charge in [0.25, 0.3) is 5.69 Å². The van der Waals surface area contributed by atoms with Crippen molar-refractivity contribution < 1.29 is 14.5 Å². The van der Waals surface area contributed by atoms with Crippen LogP contribution in [0.5, 0.6) is 0 Å². The highest BCUT2D eigenvalue weighted by Gasteiger charge is 2.10. The van der Waals surface area contributed by atoms with Crippen LogP contribution in [0.25, 0.3) is 11.3 Å². The fourth-order valence-corrected chi connectivity index (χ4v) is 1.61. The summed E-state index contributed by atoms with van der Waals surface area (Å²) in [5.74, 6) is -0.478. The van der Waals surface area contributed by atoms with Gasteiger partial charge in [-0.25, -0.2) is 4.79 Å². The monoisotopic (exact) mass is 258 g/mol. The fraction of sp³-hybridized carbons (Fsp3) is 0.0769. The highest BCUT2D eigenvalue weighted by molar-refractivity contribution is 5.90. The molecule has 0 fully saturated rings. The summed E-state index contributed by atoms with van der Waals surface area (Å²) >= 11 is 0. The average molecular weight is 258 g/mol. The van der Waals surface area contributed by atoms with Crippen molar-refractivity contribution in [2.24, 2.45) is 0 Å².